The molecule has 0 fully saturated rings. The summed E-state index contributed by atoms with van der Waals surface area (Å²) in [5.41, 5.74) is 0.877. The molecule has 0 atom stereocenters. The molecule has 0 unspecified atom stereocenters. The van der Waals surface area contributed by atoms with Gasteiger partial charge in [-0.2, -0.15) is 0 Å². The summed E-state index contributed by atoms with van der Waals surface area (Å²) in [7, 11) is 0. The van der Waals surface area contributed by atoms with Gasteiger partial charge in [0.1, 0.15) is 5.75 Å². The molecule has 2 amide bonds. The number of nitrogens with one attached hydrogen (secondary N) is 2. The van der Waals surface area contributed by atoms with Gasteiger partial charge in [-0.1, -0.05) is 23.2 Å². The summed E-state index contributed by atoms with van der Waals surface area (Å²) in [5, 5.41) is 6.68. The largest absolute Gasteiger partial charge is 0.492 e. The lowest BCUT2D eigenvalue weighted by Gasteiger charge is -2.20. The molecule has 2 N–H and O–H groups in total. The number of ether oxygens (including phenoxy) is 1. The predicted molar refractivity (Wildman–Crippen MR) is 113 cm³/mol. The number of amides is 2. The fourth-order valence-electron chi connectivity index (χ4n) is 2.35. The van der Waals surface area contributed by atoms with E-state index >= 15 is 0 Å². The molecule has 28 heavy (non-hydrogen) atoms. The minimum absolute atomic E-state index is 0.127. The Morgan fingerprint density at radius 2 is 1.71 bits per heavy atom. The quantitative estimate of drug-likeness (QED) is 0.593. The van der Waals surface area contributed by atoms with E-state index in [1.54, 1.807) is 42.5 Å². The minimum Gasteiger partial charge on any atom is -0.492 e. The maximum atomic E-state index is 12.1. The van der Waals surface area contributed by atoms with Crippen LogP contribution in [-0.2, 0) is 4.79 Å². The summed E-state index contributed by atoms with van der Waals surface area (Å²) in [6.07, 6.45) is 0.842. The molecule has 0 aliphatic heterocycles. The van der Waals surface area contributed by atoms with Gasteiger partial charge >= 0.3 is 0 Å². The Morgan fingerprint density at radius 3 is 2.32 bits per heavy atom. The molecule has 0 bridgehead atoms. The molecule has 2 rings (SSSR count). The van der Waals surface area contributed by atoms with Crippen LogP contribution < -0.4 is 15.4 Å². The van der Waals surface area contributed by atoms with Gasteiger partial charge in [0, 0.05) is 28.2 Å². The molecule has 2 aromatic carbocycles. The zero-order valence-electron chi connectivity index (χ0n) is 16.1. The Bertz CT molecular complexity index is 831. The first-order valence-electron chi connectivity index (χ1n) is 8.94. The van der Waals surface area contributed by atoms with Crippen molar-refractivity contribution < 1.29 is 14.3 Å². The zero-order valence-corrected chi connectivity index (χ0v) is 17.7. The van der Waals surface area contributed by atoms with Crippen LogP contribution in [-0.4, -0.2) is 24.0 Å². The topological polar surface area (TPSA) is 67.4 Å². The number of carbonyl (C=O) groups excluding carboxylic acids is 2. The highest BCUT2D eigenvalue weighted by atomic mass is 35.5. The molecule has 0 saturated carbocycles. The SMILES string of the molecule is CC(C)(C)NC(=O)c1ccc(NC(=O)CCCOc2ccc(Cl)cc2Cl)cc1. The average molecular weight is 423 g/mol. The fraction of sp³-hybridized carbons (Fsp3) is 0.333. The van der Waals surface area contributed by atoms with Crippen molar-refractivity contribution >= 4 is 40.7 Å². The van der Waals surface area contributed by atoms with E-state index in [-0.39, 0.29) is 17.4 Å². The van der Waals surface area contributed by atoms with E-state index in [2.05, 4.69) is 10.6 Å². The van der Waals surface area contributed by atoms with Crippen LogP contribution in [0.1, 0.15) is 44.0 Å². The lowest BCUT2D eigenvalue weighted by atomic mass is 10.1. The van der Waals surface area contributed by atoms with Crippen molar-refractivity contribution in [3.05, 3.63) is 58.1 Å². The van der Waals surface area contributed by atoms with Crippen molar-refractivity contribution in [1.82, 2.24) is 5.32 Å². The highest BCUT2D eigenvalue weighted by Crippen LogP contribution is 2.27. The van der Waals surface area contributed by atoms with Gasteiger partial charge in [-0.15, -0.1) is 0 Å². The van der Waals surface area contributed by atoms with Crippen LogP contribution in [0.2, 0.25) is 10.0 Å². The molecule has 2 aromatic rings. The van der Waals surface area contributed by atoms with Gasteiger partial charge in [0.25, 0.3) is 5.91 Å². The van der Waals surface area contributed by atoms with Gasteiger partial charge in [0.05, 0.1) is 11.6 Å². The molecular formula is C21H24Cl2N2O3. The summed E-state index contributed by atoms with van der Waals surface area (Å²) >= 11 is 11.9. The van der Waals surface area contributed by atoms with Crippen LogP contribution in [0.4, 0.5) is 5.69 Å². The van der Waals surface area contributed by atoms with Crippen molar-refractivity contribution in [2.24, 2.45) is 0 Å². The number of halogens is 2. The van der Waals surface area contributed by atoms with Gasteiger partial charge < -0.3 is 15.4 Å². The van der Waals surface area contributed by atoms with Gasteiger partial charge in [-0.05, 0) is 69.7 Å². The van der Waals surface area contributed by atoms with Crippen LogP contribution in [0.3, 0.4) is 0 Å². The van der Waals surface area contributed by atoms with E-state index in [4.69, 9.17) is 27.9 Å². The monoisotopic (exact) mass is 422 g/mol. The minimum atomic E-state index is -0.303. The third-order valence-electron chi connectivity index (χ3n) is 3.62. The Morgan fingerprint density at radius 1 is 1.04 bits per heavy atom. The van der Waals surface area contributed by atoms with Crippen LogP contribution in [0, 0.1) is 0 Å². The first-order valence-corrected chi connectivity index (χ1v) is 9.70. The molecule has 5 nitrogen and oxygen atoms in total. The maximum Gasteiger partial charge on any atom is 0.251 e. The molecule has 150 valence electrons. The van der Waals surface area contributed by atoms with Crippen LogP contribution in [0.15, 0.2) is 42.5 Å². The van der Waals surface area contributed by atoms with Crippen LogP contribution in [0.5, 0.6) is 5.75 Å². The second kappa shape index (κ2) is 9.80. The summed E-state index contributed by atoms with van der Waals surface area (Å²) in [5.74, 6) is 0.261. The highest BCUT2D eigenvalue weighted by Gasteiger charge is 2.15. The van der Waals surface area contributed by atoms with Crippen LogP contribution in [0.25, 0.3) is 0 Å². The number of hydrogen-bond acceptors (Lipinski definition) is 3. The van der Waals surface area contributed by atoms with Gasteiger partial charge in [0.2, 0.25) is 5.91 Å². The van der Waals surface area contributed by atoms with Crippen molar-refractivity contribution in [2.45, 2.75) is 39.2 Å². The number of benzene rings is 2. The second-order valence-electron chi connectivity index (χ2n) is 7.36. The van der Waals surface area contributed by atoms with Gasteiger partial charge in [-0.25, -0.2) is 0 Å². The molecule has 0 spiro atoms. The Hall–Kier alpha value is -2.24. The van der Waals surface area contributed by atoms with E-state index < -0.39 is 0 Å². The normalized spacial score (nSPS) is 11.0. The van der Waals surface area contributed by atoms with E-state index in [1.165, 1.54) is 0 Å². The lowest BCUT2D eigenvalue weighted by Crippen LogP contribution is -2.40. The zero-order chi connectivity index (χ0) is 20.7. The summed E-state index contributed by atoms with van der Waals surface area (Å²) in [4.78, 5) is 24.2. The molecule has 0 aromatic heterocycles. The predicted octanol–water partition coefficient (Wildman–Crippen LogP) is 5.32. The number of anilines is 1. The second-order valence-corrected chi connectivity index (χ2v) is 8.20. The number of carbonyl (C=O) groups is 2. The first kappa shape index (κ1) is 22.1. The highest BCUT2D eigenvalue weighted by molar-refractivity contribution is 6.35. The van der Waals surface area contributed by atoms with Crippen molar-refractivity contribution in [3.8, 4) is 5.75 Å². The standard InChI is InChI=1S/C21H24Cl2N2O3/c1-21(2,3)25-20(27)14-6-9-16(10-7-14)24-19(26)5-4-12-28-18-11-8-15(22)13-17(18)23/h6-11,13H,4-5,12H2,1-3H3,(H,24,26)(H,25,27). The first-order chi connectivity index (χ1) is 13.1. The van der Waals surface area contributed by atoms with Gasteiger partial charge in [-0.3, -0.25) is 9.59 Å². The lowest BCUT2D eigenvalue weighted by molar-refractivity contribution is -0.116. The third kappa shape index (κ3) is 7.41. The van der Waals surface area contributed by atoms with E-state index in [0.717, 1.165) is 0 Å². The summed E-state index contributed by atoms with van der Waals surface area (Å²) in [6.45, 7) is 6.12. The molecule has 0 heterocycles. The van der Waals surface area contributed by atoms with Crippen molar-refractivity contribution in [1.29, 1.82) is 0 Å². The van der Waals surface area contributed by atoms with E-state index in [1.807, 2.05) is 20.8 Å². The molecule has 7 heteroatoms. The third-order valence-corrected chi connectivity index (χ3v) is 4.15. The fourth-order valence-corrected chi connectivity index (χ4v) is 2.81. The molecule has 0 saturated heterocycles. The maximum absolute atomic E-state index is 12.1. The Labute approximate surface area is 175 Å². The Balaban J connectivity index is 1.76. The molecule has 0 aliphatic rings. The van der Waals surface area contributed by atoms with Crippen LogP contribution >= 0.6 is 23.2 Å². The van der Waals surface area contributed by atoms with E-state index in [0.29, 0.717) is 46.5 Å². The number of hydrogen-bond donors (Lipinski definition) is 2. The average Bonchev–Trinajstić information content (AvgIpc) is 2.59. The number of rotatable bonds is 7. The van der Waals surface area contributed by atoms with Crippen molar-refractivity contribution in [2.75, 3.05) is 11.9 Å². The molecule has 0 radical (unpaired) electrons. The summed E-state index contributed by atoms with van der Waals surface area (Å²) < 4.78 is 5.56. The Kier molecular flexibility index (Phi) is 7.72. The van der Waals surface area contributed by atoms with Crippen molar-refractivity contribution in [3.63, 3.8) is 0 Å². The van der Waals surface area contributed by atoms with Gasteiger partial charge in [0.15, 0.2) is 0 Å². The summed E-state index contributed by atoms with van der Waals surface area (Å²) in [6, 6.07) is 11.8. The van der Waals surface area contributed by atoms with E-state index in [9.17, 15) is 9.59 Å². The molecular weight excluding hydrogens is 399 g/mol. The molecule has 0 aliphatic carbocycles. The smallest absolute Gasteiger partial charge is 0.251 e.